The van der Waals surface area contributed by atoms with Crippen molar-refractivity contribution in [2.75, 3.05) is 5.88 Å². The number of hydrogen-bond acceptors (Lipinski definition) is 2. The number of amides is 1. The van der Waals surface area contributed by atoms with Crippen LogP contribution in [0.4, 0.5) is 4.39 Å². The van der Waals surface area contributed by atoms with Gasteiger partial charge in [-0.25, -0.2) is 4.39 Å². The number of halogens is 2. The van der Waals surface area contributed by atoms with E-state index < -0.39 is 17.3 Å². The van der Waals surface area contributed by atoms with E-state index in [1.807, 2.05) is 0 Å². The number of aromatic hydroxyl groups is 1. The molecule has 1 amide bonds. The predicted molar refractivity (Wildman–Crippen MR) is 58.2 cm³/mol. The van der Waals surface area contributed by atoms with Gasteiger partial charge in [0.2, 0.25) is 0 Å². The average Bonchev–Trinajstić information content (AvgIpc) is 2.98. The number of nitrogens with one attached hydrogen (secondary N) is 1. The molecule has 0 bridgehead atoms. The molecule has 86 valence electrons. The normalized spacial score (nSPS) is 16.9. The van der Waals surface area contributed by atoms with E-state index in [-0.39, 0.29) is 11.3 Å². The van der Waals surface area contributed by atoms with Gasteiger partial charge in [-0.05, 0) is 25.0 Å². The van der Waals surface area contributed by atoms with Gasteiger partial charge in [0.05, 0.1) is 5.54 Å². The fraction of sp³-hybridized carbons (Fsp3) is 0.364. The highest BCUT2D eigenvalue weighted by molar-refractivity contribution is 6.19. The van der Waals surface area contributed by atoms with Crippen LogP contribution in [0.3, 0.4) is 0 Å². The molecule has 1 aromatic rings. The van der Waals surface area contributed by atoms with Crippen LogP contribution in [0.2, 0.25) is 0 Å². The number of alkyl halides is 1. The van der Waals surface area contributed by atoms with Gasteiger partial charge in [-0.1, -0.05) is 6.07 Å². The molecule has 2 N–H and O–H groups in total. The van der Waals surface area contributed by atoms with Gasteiger partial charge >= 0.3 is 0 Å². The molecule has 0 atom stereocenters. The molecule has 0 radical (unpaired) electrons. The summed E-state index contributed by atoms with van der Waals surface area (Å²) in [7, 11) is 0. The maximum Gasteiger partial charge on any atom is 0.258 e. The Morgan fingerprint density at radius 3 is 2.75 bits per heavy atom. The molecule has 1 aromatic carbocycles. The quantitative estimate of drug-likeness (QED) is 0.798. The van der Waals surface area contributed by atoms with Crippen molar-refractivity contribution < 1.29 is 14.3 Å². The van der Waals surface area contributed by atoms with E-state index in [0.29, 0.717) is 5.88 Å². The maximum absolute atomic E-state index is 13.3. The molecule has 1 fully saturated rings. The van der Waals surface area contributed by atoms with E-state index in [2.05, 4.69) is 5.32 Å². The third-order valence-electron chi connectivity index (χ3n) is 2.71. The first kappa shape index (κ1) is 11.2. The number of rotatable bonds is 3. The summed E-state index contributed by atoms with van der Waals surface area (Å²) in [5.74, 6) is -1.41. The van der Waals surface area contributed by atoms with Gasteiger partial charge < -0.3 is 10.4 Å². The van der Waals surface area contributed by atoms with E-state index in [4.69, 9.17) is 11.6 Å². The van der Waals surface area contributed by atoms with Crippen LogP contribution in [-0.4, -0.2) is 22.4 Å². The van der Waals surface area contributed by atoms with Crippen molar-refractivity contribution in [3.8, 4) is 5.75 Å². The summed E-state index contributed by atoms with van der Waals surface area (Å²) >= 11 is 5.70. The van der Waals surface area contributed by atoms with Gasteiger partial charge in [0.25, 0.3) is 5.91 Å². The Morgan fingerprint density at radius 1 is 1.56 bits per heavy atom. The molecule has 16 heavy (non-hydrogen) atoms. The highest BCUT2D eigenvalue weighted by Gasteiger charge is 2.43. The first-order valence-electron chi connectivity index (χ1n) is 4.94. The molecule has 0 spiro atoms. The van der Waals surface area contributed by atoms with Gasteiger partial charge in [0, 0.05) is 5.88 Å². The number of benzene rings is 1. The molecular weight excluding hydrogens is 233 g/mol. The summed E-state index contributed by atoms with van der Waals surface area (Å²) in [6.07, 6.45) is 1.58. The lowest BCUT2D eigenvalue weighted by atomic mass is 10.1. The Morgan fingerprint density at radius 2 is 2.25 bits per heavy atom. The van der Waals surface area contributed by atoms with Crippen LogP contribution in [0.25, 0.3) is 0 Å². The number of carbonyl (C=O) groups excluding carboxylic acids is 1. The highest BCUT2D eigenvalue weighted by atomic mass is 35.5. The van der Waals surface area contributed by atoms with Gasteiger partial charge in [-0.3, -0.25) is 4.79 Å². The Bertz CT molecular complexity index is 412. The molecule has 1 saturated carbocycles. The van der Waals surface area contributed by atoms with Gasteiger partial charge in [-0.2, -0.15) is 0 Å². The fourth-order valence-electron chi connectivity index (χ4n) is 1.48. The largest absolute Gasteiger partial charge is 0.507 e. The summed E-state index contributed by atoms with van der Waals surface area (Å²) in [6.45, 7) is 0. The minimum absolute atomic E-state index is 0.300. The van der Waals surface area contributed by atoms with Crippen LogP contribution in [0.1, 0.15) is 23.2 Å². The van der Waals surface area contributed by atoms with Crippen molar-refractivity contribution in [2.45, 2.75) is 18.4 Å². The van der Waals surface area contributed by atoms with Crippen LogP contribution in [0.15, 0.2) is 18.2 Å². The smallest absolute Gasteiger partial charge is 0.258 e. The summed E-state index contributed by atoms with van der Waals surface area (Å²) in [5, 5.41) is 12.1. The number of phenolic OH excluding ortho intramolecular Hbond substituents is 1. The fourth-order valence-corrected chi connectivity index (χ4v) is 1.82. The van der Waals surface area contributed by atoms with E-state index in [0.717, 1.165) is 18.9 Å². The van der Waals surface area contributed by atoms with Crippen molar-refractivity contribution in [1.82, 2.24) is 5.32 Å². The standard InChI is InChI=1S/C11H11ClFNO2/c12-6-11(4-5-11)14-10(16)9-7(13)2-1-3-8(9)15/h1-3,15H,4-6H2,(H,14,16). The molecule has 0 heterocycles. The lowest BCUT2D eigenvalue weighted by Gasteiger charge is -2.14. The lowest BCUT2D eigenvalue weighted by Crippen LogP contribution is -2.38. The van der Waals surface area contributed by atoms with Crippen LogP contribution < -0.4 is 5.32 Å². The zero-order valence-electron chi connectivity index (χ0n) is 8.46. The Kier molecular flexibility index (Phi) is 2.76. The van der Waals surface area contributed by atoms with Crippen LogP contribution in [0, 0.1) is 5.82 Å². The molecule has 0 saturated heterocycles. The van der Waals surface area contributed by atoms with Crippen molar-refractivity contribution in [2.24, 2.45) is 0 Å². The molecule has 0 aliphatic heterocycles. The Labute approximate surface area is 97.2 Å². The lowest BCUT2D eigenvalue weighted by molar-refractivity contribution is 0.0929. The van der Waals surface area contributed by atoms with E-state index >= 15 is 0 Å². The zero-order valence-corrected chi connectivity index (χ0v) is 9.22. The topological polar surface area (TPSA) is 49.3 Å². The average molecular weight is 244 g/mol. The molecule has 5 heteroatoms. The number of hydrogen-bond donors (Lipinski definition) is 2. The molecule has 0 aromatic heterocycles. The van der Waals surface area contributed by atoms with E-state index in [1.54, 1.807) is 0 Å². The second kappa shape index (κ2) is 3.94. The first-order chi connectivity index (χ1) is 7.58. The summed E-state index contributed by atoms with van der Waals surface area (Å²) in [5.41, 5.74) is -0.730. The van der Waals surface area contributed by atoms with Crippen molar-refractivity contribution >= 4 is 17.5 Å². The Hall–Kier alpha value is -1.29. The second-order valence-corrected chi connectivity index (χ2v) is 4.27. The third-order valence-corrected chi connectivity index (χ3v) is 3.22. The van der Waals surface area contributed by atoms with Crippen LogP contribution in [-0.2, 0) is 0 Å². The zero-order chi connectivity index (χ0) is 11.8. The SMILES string of the molecule is O=C(NC1(CCl)CC1)c1c(O)cccc1F. The Balaban J connectivity index is 2.21. The monoisotopic (exact) mass is 243 g/mol. The van der Waals surface area contributed by atoms with Crippen LogP contribution in [0.5, 0.6) is 5.75 Å². The molecular formula is C11H11ClFNO2. The maximum atomic E-state index is 13.3. The first-order valence-corrected chi connectivity index (χ1v) is 5.47. The van der Waals surface area contributed by atoms with Crippen molar-refractivity contribution in [1.29, 1.82) is 0 Å². The molecule has 1 aliphatic rings. The minimum Gasteiger partial charge on any atom is -0.507 e. The molecule has 0 unspecified atom stereocenters. The molecule has 2 rings (SSSR count). The summed E-state index contributed by atoms with van der Waals surface area (Å²) in [6, 6.07) is 3.75. The van der Waals surface area contributed by atoms with E-state index in [9.17, 15) is 14.3 Å². The summed E-state index contributed by atoms with van der Waals surface area (Å²) < 4.78 is 13.3. The highest BCUT2D eigenvalue weighted by Crippen LogP contribution is 2.37. The van der Waals surface area contributed by atoms with Gasteiger partial charge in [0.1, 0.15) is 17.1 Å². The predicted octanol–water partition coefficient (Wildman–Crippen LogP) is 2.03. The van der Waals surface area contributed by atoms with Gasteiger partial charge in [0.15, 0.2) is 0 Å². The van der Waals surface area contributed by atoms with Crippen molar-refractivity contribution in [3.63, 3.8) is 0 Å². The van der Waals surface area contributed by atoms with Crippen LogP contribution >= 0.6 is 11.6 Å². The minimum atomic E-state index is -0.733. The molecule has 1 aliphatic carbocycles. The van der Waals surface area contributed by atoms with E-state index in [1.165, 1.54) is 12.1 Å². The third kappa shape index (κ3) is 1.97. The van der Waals surface area contributed by atoms with Crippen molar-refractivity contribution in [3.05, 3.63) is 29.6 Å². The number of phenols is 1. The van der Waals surface area contributed by atoms with Gasteiger partial charge in [-0.15, -0.1) is 11.6 Å². The summed E-state index contributed by atoms with van der Waals surface area (Å²) in [4.78, 5) is 11.7. The second-order valence-electron chi connectivity index (χ2n) is 4.00. The molecule has 3 nitrogen and oxygen atoms in total. The number of carbonyl (C=O) groups is 1.